The Bertz CT molecular complexity index is 778. The lowest BCUT2D eigenvalue weighted by molar-refractivity contribution is -0.136. The largest absolute Gasteiger partial charge is 0.493 e. The second-order valence-corrected chi connectivity index (χ2v) is 8.95. The molecule has 0 bridgehead atoms. The van der Waals surface area contributed by atoms with Crippen LogP contribution in [0, 0.1) is 5.92 Å². The van der Waals surface area contributed by atoms with Crippen LogP contribution in [0.25, 0.3) is 0 Å². The van der Waals surface area contributed by atoms with Gasteiger partial charge in [0, 0.05) is 18.7 Å². The standard InChI is InChI=1S/C19H28N2O5S/c1-25-17-10-9-15(12-18(17)26-2)27(23,24)20-13-19(22)21-11-5-7-14-6-3-4-8-16(14)21/h9-10,12,14,16,20H,3-8,11,13H2,1-2H3/t14-,16+/m0/s1. The maximum atomic E-state index is 12.7. The summed E-state index contributed by atoms with van der Waals surface area (Å²) in [6.45, 7) is 0.498. The van der Waals surface area contributed by atoms with Crippen LogP contribution in [0.15, 0.2) is 23.1 Å². The van der Waals surface area contributed by atoms with E-state index < -0.39 is 10.0 Å². The van der Waals surface area contributed by atoms with E-state index in [4.69, 9.17) is 9.47 Å². The molecule has 1 heterocycles. The van der Waals surface area contributed by atoms with Gasteiger partial charge in [-0.1, -0.05) is 12.8 Å². The van der Waals surface area contributed by atoms with E-state index in [-0.39, 0.29) is 23.4 Å². The summed E-state index contributed by atoms with van der Waals surface area (Å²) in [4.78, 5) is 14.6. The Morgan fingerprint density at radius 1 is 1.11 bits per heavy atom. The van der Waals surface area contributed by atoms with E-state index in [9.17, 15) is 13.2 Å². The number of piperidine rings is 1. The van der Waals surface area contributed by atoms with E-state index in [1.165, 1.54) is 51.7 Å². The number of hydrogen-bond donors (Lipinski definition) is 1. The minimum Gasteiger partial charge on any atom is -0.493 e. The first-order valence-corrected chi connectivity index (χ1v) is 11.0. The van der Waals surface area contributed by atoms with Gasteiger partial charge in [0.05, 0.1) is 25.7 Å². The summed E-state index contributed by atoms with van der Waals surface area (Å²) >= 11 is 0. The van der Waals surface area contributed by atoms with Gasteiger partial charge < -0.3 is 14.4 Å². The highest BCUT2D eigenvalue weighted by atomic mass is 32.2. The number of nitrogens with zero attached hydrogens (tertiary/aromatic N) is 1. The summed E-state index contributed by atoms with van der Waals surface area (Å²) in [5, 5.41) is 0. The maximum Gasteiger partial charge on any atom is 0.241 e. The van der Waals surface area contributed by atoms with Crippen molar-refractivity contribution in [2.45, 2.75) is 49.5 Å². The molecule has 2 fully saturated rings. The first-order chi connectivity index (χ1) is 13.0. The maximum absolute atomic E-state index is 12.7. The lowest BCUT2D eigenvalue weighted by atomic mass is 9.78. The van der Waals surface area contributed by atoms with E-state index in [0.717, 1.165) is 25.8 Å². The molecular weight excluding hydrogens is 368 g/mol. The normalized spacial score (nSPS) is 22.8. The highest BCUT2D eigenvalue weighted by Crippen LogP contribution is 2.35. The zero-order chi connectivity index (χ0) is 19.4. The lowest BCUT2D eigenvalue weighted by Crippen LogP contribution is -2.52. The van der Waals surface area contributed by atoms with Crippen molar-refractivity contribution >= 4 is 15.9 Å². The predicted octanol–water partition coefficient (Wildman–Crippen LogP) is 2.16. The molecule has 0 unspecified atom stereocenters. The third-order valence-electron chi connectivity index (χ3n) is 5.64. The summed E-state index contributed by atoms with van der Waals surface area (Å²) in [5.41, 5.74) is 0. The number of carbonyl (C=O) groups excluding carboxylic acids is 1. The third kappa shape index (κ3) is 4.38. The average molecular weight is 397 g/mol. The van der Waals surface area contributed by atoms with E-state index >= 15 is 0 Å². The molecule has 7 nitrogen and oxygen atoms in total. The Balaban J connectivity index is 1.67. The first-order valence-electron chi connectivity index (χ1n) is 9.47. The number of fused-ring (bicyclic) bond motifs is 1. The lowest BCUT2D eigenvalue weighted by Gasteiger charge is -2.44. The Labute approximate surface area is 161 Å². The number of carbonyl (C=O) groups is 1. The molecule has 1 aliphatic heterocycles. The van der Waals surface area contributed by atoms with Crippen molar-refractivity contribution in [2.75, 3.05) is 27.3 Å². The number of nitrogens with one attached hydrogen (secondary N) is 1. The molecule has 150 valence electrons. The molecule has 1 N–H and O–H groups in total. The first kappa shape index (κ1) is 19.9. The van der Waals surface area contributed by atoms with Crippen LogP contribution in [0.4, 0.5) is 0 Å². The van der Waals surface area contributed by atoms with Crippen LogP contribution in [0.1, 0.15) is 38.5 Å². The molecule has 1 aromatic rings. The van der Waals surface area contributed by atoms with E-state index in [2.05, 4.69) is 4.72 Å². The number of likely N-dealkylation sites (tertiary alicyclic amines) is 1. The number of amides is 1. The molecule has 1 amide bonds. The summed E-state index contributed by atoms with van der Waals surface area (Å²) in [7, 11) is -0.881. The van der Waals surface area contributed by atoms with Gasteiger partial charge >= 0.3 is 0 Å². The monoisotopic (exact) mass is 396 g/mol. The summed E-state index contributed by atoms with van der Waals surface area (Å²) < 4.78 is 37.9. The van der Waals surface area contributed by atoms with Crippen LogP contribution in [-0.2, 0) is 14.8 Å². The minimum atomic E-state index is -3.81. The molecule has 1 saturated carbocycles. The predicted molar refractivity (Wildman–Crippen MR) is 101 cm³/mol. The van der Waals surface area contributed by atoms with Gasteiger partial charge in [-0.15, -0.1) is 0 Å². The summed E-state index contributed by atoms with van der Waals surface area (Å²) in [5.74, 6) is 1.20. The fraction of sp³-hybridized carbons (Fsp3) is 0.632. The second kappa shape index (κ2) is 8.48. The fourth-order valence-corrected chi connectivity index (χ4v) is 5.25. The zero-order valence-electron chi connectivity index (χ0n) is 15.9. The van der Waals surface area contributed by atoms with Crippen LogP contribution in [0.5, 0.6) is 11.5 Å². The Morgan fingerprint density at radius 3 is 2.56 bits per heavy atom. The molecular formula is C19H28N2O5S. The minimum absolute atomic E-state index is 0.0436. The van der Waals surface area contributed by atoms with E-state index in [1.54, 1.807) is 0 Å². The van der Waals surface area contributed by atoms with Crippen molar-refractivity contribution in [3.05, 3.63) is 18.2 Å². The molecule has 1 saturated heterocycles. The molecule has 2 aliphatic rings. The summed E-state index contributed by atoms with van der Waals surface area (Å²) in [6, 6.07) is 4.63. The zero-order valence-corrected chi connectivity index (χ0v) is 16.8. The molecule has 0 aromatic heterocycles. The topological polar surface area (TPSA) is 84.9 Å². The Morgan fingerprint density at radius 2 is 1.81 bits per heavy atom. The third-order valence-corrected chi connectivity index (χ3v) is 7.04. The quantitative estimate of drug-likeness (QED) is 0.797. The smallest absolute Gasteiger partial charge is 0.241 e. The number of benzene rings is 1. The van der Waals surface area contributed by atoms with Crippen molar-refractivity contribution in [1.29, 1.82) is 0 Å². The number of methoxy groups -OCH3 is 2. The fourth-order valence-electron chi connectivity index (χ4n) is 4.26. The van der Waals surface area contributed by atoms with Gasteiger partial charge in [0.2, 0.25) is 15.9 Å². The van der Waals surface area contributed by atoms with E-state index in [1.807, 2.05) is 4.90 Å². The van der Waals surface area contributed by atoms with Gasteiger partial charge in [0.25, 0.3) is 0 Å². The number of hydrogen-bond acceptors (Lipinski definition) is 5. The van der Waals surface area contributed by atoms with Crippen LogP contribution < -0.4 is 14.2 Å². The van der Waals surface area contributed by atoms with Crippen LogP contribution in [0.3, 0.4) is 0 Å². The molecule has 2 atom stereocenters. The molecule has 1 aromatic carbocycles. The molecule has 3 rings (SSSR count). The molecule has 27 heavy (non-hydrogen) atoms. The second-order valence-electron chi connectivity index (χ2n) is 7.18. The van der Waals surface area contributed by atoms with Gasteiger partial charge in [-0.25, -0.2) is 13.1 Å². The van der Waals surface area contributed by atoms with Gasteiger partial charge in [0.1, 0.15) is 0 Å². The summed E-state index contributed by atoms with van der Waals surface area (Å²) in [6.07, 6.45) is 6.74. The van der Waals surface area contributed by atoms with Gasteiger partial charge in [-0.3, -0.25) is 4.79 Å². The van der Waals surface area contributed by atoms with Gasteiger partial charge in [-0.2, -0.15) is 0 Å². The van der Waals surface area contributed by atoms with Crippen molar-refractivity contribution < 1.29 is 22.7 Å². The number of ether oxygens (including phenoxy) is 2. The SMILES string of the molecule is COc1ccc(S(=O)(=O)NCC(=O)N2CCC[C@@H]3CCCC[C@H]32)cc1OC. The molecule has 1 aliphatic carbocycles. The highest BCUT2D eigenvalue weighted by molar-refractivity contribution is 7.89. The number of rotatable bonds is 6. The van der Waals surface area contributed by atoms with Crippen molar-refractivity contribution in [3.8, 4) is 11.5 Å². The Kier molecular flexibility index (Phi) is 6.26. The molecule has 8 heteroatoms. The van der Waals surface area contributed by atoms with Crippen molar-refractivity contribution in [3.63, 3.8) is 0 Å². The highest BCUT2D eigenvalue weighted by Gasteiger charge is 2.35. The van der Waals surface area contributed by atoms with Gasteiger partial charge in [0.15, 0.2) is 11.5 Å². The van der Waals surface area contributed by atoms with E-state index in [0.29, 0.717) is 17.4 Å². The average Bonchev–Trinajstić information content (AvgIpc) is 2.71. The Hall–Kier alpha value is -1.80. The molecule has 0 spiro atoms. The van der Waals surface area contributed by atoms with Crippen LogP contribution in [-0.4, -0.2) is 52.6 Å². The number of sulfonamides is 1. The van der Waals surface area contributed by atoms with Crippen molar-refractivity contribution in [2.24, 2.45) is 5.92 Å². The van der Waals surface area contributed by atoms with Crippen LogP contribution in [0.2, 0.25) is 0 Å². The van der Waals surface area contributed by atoms with Crippen molar-refractivity contribution in [1.82, 2.24) is 9.62 Å². The van der Waals surface area contributed by atoms with Gasteiger partial charge in [-0.05, 0) is 43.7 Å². The van der Waals surface area contributed by atoms with Crippen LogP contribution >= 0.6 is 0 Å². The molecule has 0 radical (unpaired) electrons.